The maximum absolute atomic E-state index is 13.0. The molecule has 0 saturated carbocycles. The van der Waals surface area contributed by atoms with Gasteiger partial charge in [-0.3, -0.25) is 4.79 Å². The number of rotatable bonds is 9. The van der Waals surface area contributed by atoms with Gasteiger partial charge in [-0.25, -0.2) is 9.97 Å². The second-order valence-electron chi connectivity index (χ2n) is 9.85. The Hall–Kier alpha value is -3.65. The zero-order chi connectivity index (χ0) is 25.5. The average Bonchev–Trinajstić information content (AvgIpc) is 3.46. The number of hydrogen-bond acceptors (Lipinski definition) is 7. The number of para-hydroxylation sites is 1. The Morgan fingerprint density at radius 3 is 2.30 bits per heavy atom. The zero-order valence-electron chi connectivity index (χ0n) is 21.7. The number of carbonyl (C=O) groups is 1. The van der Waals surface area contributed by atoms with Crippen LogP contribution in [0, 0.1) is 6.92 Å². The first-order chi connectivity index (χ1) is 18.2. The molecule has 0 radical (unpaired) electrons. The van der Waals surface area contributed by atoms with Crippen molar-refractivity contribution in [2.45, 2.75) is 26.2 Å². The molecule has 2 N–H and O–H groups in total. The summed E-state index contributed by atoms with van der Waals surface area (Å²) >= 11 is 0. The molecule has 2 aliphatic heterocycles. The molecule has 2 aliphatic rings. The van der Waals surface area contributed by atoms with Crippen molar-refractivity contribution in [3.8, 4) is 0 Å². The lowest BCUT2D eigenvalue weighted by atomic mass is 10.1. The van der Waals surface area contributed by atoms with E-state index in [1.165, 1.54) is 37.2 Å². The van der Waals surface area contributed by atoms with Crippen LogP contribution in [0.15, 0.2) is 60.9 Å². The van der Waals surface area contributed by atoms with E-state index in [9.17, 15) is 4.79 Å². The van der Waals surface area contributed by atoms with Gasteiger partial charge in [0.2, 0.25) is 5.95 Å². The van der Waals surface area contributed by atoms with E-state index in [1.807, 2.05) is 18.2 Å². The molecular formula is C29H37N7O. The van der Waals surface area contributed by atoms with Crippen molar-refractivity contribution >= 4 is 28.9 Å². The minimum Gasteiger partial charge on any atom is -0.368 e. The van der Waals surface area contributed by atoms with Gasteiger partial charge < -0.3 is 25.3 Å². The lowest BCUT2D eigenvalue weighted by Gasteiger charge is -2.38. The highest BCUT2D eigenvalue weighted by Gasteiger charge is 2.22. The Balaban J connectivity index is 1.27. The van der Waals surface area contributed by atoms with E-state index in [2.05, 4.69) is 66.5 Å². The van der Waals surface area contributed by atoms with Crippen molar-refractivity contribution in [2.75, 3.05) is 67.5 Å². The molecule has 3 heterocycles. The largest absolute Gasteiger partial charge is 0.368 e. The Bertz CT molecular complexity index is 1170. The normalized spacial score (nSPS) is 16.1. The summed E-state index contributed by atoms with van der Waals surface area (Å²) < 4.78 is 0. The third-order valence-corrected chi connectivity index (χ3v) is 7.28. The van der Waals surface area contributed by atoms with Crippen LogP contribution in [-0.2, 0) is 0 Å². The molecule has 0 aliphatic carbocycles. The third kappa shape index (κ3) is 6.38. The maximum Gasteiger partial charge on any atom is 0.251 e. The van der Waals surface area contributed by atoms with E-state index in [0.29, 0.717) is 18.1 Å². The van der Waals surface area contributed by atoms with E-state index in [1.54, 1.807) is 18.5 Å². The van der Waals surface area contributed by atoms with Crippen LogP contribution in [0.3, 0.4) is 0 Å². The minimum absolute atomic E-state index is 0.0469. The van der Waals surface area contributed by atoms with E-state index < -0.39 is 0 Å². The van der Waals surface area contributed by atoms with Crippen molar-refractivity contribution in [1.82, 2.24) is 20.2 Å². The summed E-state index contributed by atoms with van der Waals surface area (Å²) in [4.78, 5) is 28.9. The quantitative estimate of drug-likeness (QED) is 0.430. The first kappa shape index (κ1) is 25.0. The second kappa shape index (κ2) is 12.1. The maximum atomic E-state index is 13.0. The second-order valence-corrected chi connectivity index (χ2v) is 9.85. The monoisotopic (exact) mass is 499 g/mol. The fourth-order valence-electron chi connectivity index (χ4n) is 5.26. The Morgan fingerprint density at radius 1 is 0.865 bits per heavy atom. The van der Waals surface area contributed by atoms with Crippen molar-refractivity contribution in [2.24, 2.45) is 0 Å². The van der Waals surface area contributed by atoms with Gasteiger partial charge in [0.15, 0.2) is 0 Å². The zero-order valence-corrected chi connectivity index (χ0v) is 21.7. The summed E-state index contributed by atoms with van der Waals surface area (Å²) in [5.41, 5.74) is 5.15. The molecular weight excluding hydrogens is 462 g/mol. The van der Waals surface area contributed by atoms with Gasteiger partial charge in [-0.2, -0.15) is 0 Å². The lowest BCUT2D eigenvalue weighted by Crippen LogP contribution is -2.47. The van der Waals surface area contributed by atoms with Crippen LogP contribution in [0.2, 0.25) is 0 Å². The topological polar surface area (TPSA) is 76.6 Å². The number of carbonyl (C=O) groups excluding carboxylic acids is 1. The number of anilines is 4. The molecule has 5 rings (SSSR count). The van der Waals surface area contributed by atoms with Crippen LogP contribution >= 0.6 is 0 Å². The fourth-order valence-corrected chi connectivity index (χ4v) is 5.26. The van der Waals surface area contributed by atoms with E-state index >= 15 is 0 Å². The Labute approximate surface area is 219 Å². The van der Waals surface area contributed by atoms with Crippen molar-refractivity contribution in [3.63, 3.8) is 0 Å². The molecule has 2 saturated heterocycles. The molecule has 2 aromatic carbocycles. The van der Waals surface area contributed by atoms with E-state index in [4.69, 9.17) is 0 Å². The van der Waals surface area contributed by atoms with Crippen molar-refractivity contribution in [3.05, 3.63) is 72.1 Å². The number of nitrogens with zero attached hydrogens (tertiary/aromatic N) is 5. The first-order valence-electron chi connectivity index (χ1n) is 13.4. The standard InChI is InChI=1S/C29H37N7O/c1-23-8-2-3-9-26(23)35-18-20-36(21-19-35)27-11-10-24(22-25(27)33-29-31-12-6-13-32-29)28(37)30-14-7-17-34-15-4-5-16-34/h2-3,6,8-13,22H,4-5,7,14-21H2,1H3,(H,30,37)(H,31,32,33). The molecule has 8 heteroatoms. The van der Waals surface area contributed by atoms with Crippen molar-refractivity contribution in [1.29, 1.82) is 0 Å². The number of piperazine rings is 1. The lowest BCUT2D eigenvalue weighted by molar-refractivity contribution is 0.0952. The van der Waals surface area contributed by atoms with Gasteiger partial charge in [-0.1, -0.05) is 18.2 Å². The predicted molar refractivity (Wildman–Crippen MR) is 150 cm³/mol. The highest BCUT2D eigenvalue weighted by Crippen LogP contribution is 2.31. The molecule has 0 spiro atoms. The number of hydrogen-bond donors (Lipinski definition) is 2. The average molecular weight is 500 g/mol. The molecule has 0 unspecified atom stereocenters. The number of likely N-dealkylation sites (tertiary alicyclic amines) is 1. The summed E-state index contributed by atoms with van der Waals surface area (Å²) in [7, 11) is 0. The Kier molecular flexibility index (Phi) is 8.15. The smallest absolute Gasteiger partial charge is 0.251 e. The van der Waals surface area contributed by atoms with Crippen LogP contribution in [-0.4, -0.2) is 73.1 Å². The molecule has 2 fully saturated rings. The van der Waals surface area contributed by atoms with Crippen LogP contribution in [0.5, 0.6) is 0 Å². The number of aryl methyl sites for hydroxylation is 1. The highest BCUT2D eigenvalue weighted by molar-refractivity contribution is 5.96. The number of benzene rings is 2. The molecule has 3 aromatic rings. The summed E-state index contributed by atoms with van der Waals surface area (Å²) in [6.07, 6.45) is 6.98. The van der Waals surface area contributed by atoms with Crippen LogP contribution in [0.1, 0.15) is 35.2 Å². The first-order valence-corrected chi connectivity index (χ1v) is 13.4. The molecule has 37 heavy (non-hydrogen) atoms. The molecule has 194 valence electrons. The summed E-state index contributed by atoms with van der Waals surface area (Å²) in [6.45, 7) is 9.92. The molecule has 0 bridgehead atoms. The molecule has 8 nitrogen and oxygen atoms in total. The molecule has 1 amide bonds. The SMILES string of the molecule is Cc1ccccc1N1CCN(c2ccc(C(=O)NCCCN3CCCC3)cc2Nc2ncccn2)CC1. The predicted octanol–water partition coefficient (Wildman–Crippen LogP) is 4.07. The van der Waals surface area contributed by atoms with Gasteiger partial charge in [0.1, 0.15) is 0 Å². The van der Waals surface area contributed by atoms with Gasteiger partial charge >= 0.3 is 0 Å². The molecule has 1 aromatic heterocycles. The fraction of sp³-hybridized carbons (Fsp3) is 0.414. The highest BCUT2D eigenvalue weighted by atomic mass is 16.1. The van der Waals surface area contributed by atoms with Crippen LogP contribution < -0.4 is 20.4 Å². The molecule has 0 atom stereocenters. The van der Waals surface area contributed by atoms with Gasteiger partial charge in [-0.05, 0) is 81.7 Å². The number of amides is 1. The summed E-state index contributed by atoms with van der Waals surface area (Å²) in [5, 5.41) is 6.45. The van der Waals surface area contributed by atoms with Gasteiger partial charge in [0, 0.05) is 56.4 Å². The summed E-state index contributed by atoms with van der Waals surface area (Å²) in [5.74, 6) is 0.472. The van der Waals surface area contributed by atoms with E-state index in [0.717, 1.165) is 50.5 Å². The third-order valence-electron chi connectivity index (χ3n) is 7.28. The summed E-state index contributed by atoms with van der Waals surface area (Å²) in [6, 6.07) is 16.3. The minimum atomic E-state index is -0.0469. The van der Waals surface area contributed by atoms with Crippen molar-refractivity contribution < 1.29 is 4.79 Å². The van der Waals surface area contributed by atoms with Gasteiger partial charge in [0.05, 0.1) is 11.4 Å². The van der Waals surface area contributed by atoms with Crippen LogP contribution in [0.25, 0.3) is 0 Å². The Morgan fingerprint density at radius 2 is 1.57 bits per heavy atom. The van der Waals surface area contributed by atoms with Gasteiger partial charge in [-0.15, -0.1) is 0 Å². The van der Waals surface area contributed by atoms with E-state index in [-0.39, 0.29) is 5.91 Å². The number of nitrogens with one attached hydrogen (secondary N) is 2. The van der Waals surface area contributed by atoms with Gasteiger partial charge in [0.25, 0.3) is 5.91 Å². The number of aromatic nitrogens is 2. The van der Waals surface area contributed by atoms with Crippen LogP contribution in [0.4, 0.5) is 23.0 Å².